The first-order chi connectivity index (χ1) is 9.24. The van der Waals surface area contributed by atoms with Crippen LogP contribution in [0.5, 0.6) is 0 Å². The molecular formula is C14H19N3OS. The Morgan fingerprint density at radius 3 is 2.63 bits per heavy atom. The summed E-state index contributed by atoms with van der Waals surface area (Å²) < 4.78 is 5.22. The molecule has 1 atom stereocenters. The molecule has 0 fully saturated rings. The fourth-order valence-electron chi connectivity index (χ4n) is 1.80. The summed E-state index contributed by atoms with van der Waals surface area (Å²) in [7, 11) is 0. The Kier molecular flexibility index (Phi) is 4.99. The molecule has 0 bridgehead atoms. The first-order valence-electron chi connectivity index (χ1n) is 6.57. The number of nitrogens with two attached hydrogens (primary N) is 1. The van der Waals surface area contributed by atoms with Crippen LogP contribution in [0.15, 0.2) is 33.7 Å². The summed E-state index contributed by atoms with van der Waals surface area (Å²) in [6.07, 6.45) is 1.86. The van der Waals surface area contributed by atoms with E-state index in [1.807, 2.05) is 23.9 Å². The minimum absolute atomic E-state index is 0.166. The van der Waals surface area contributed by atoms with E-state index in [0.717, 1.165) is 24.2 Å². The highest BCUT2D eigenvalue weighted by atomic mass is 32.2. The zero-order chi connectivity index (χ0) is 13.7. The van der Waals surface area contributed by atoms with Crippen LogP contribution in [0.2, 0.25) is 0 Å². The molecule has 1 aromatic carbocycles. The van der Waals surface area contributed by atoms with E-state index in [1.54, 1.807) is 0 Å². The predicted octanol–water partition coefficient (Wildman–Crippen LogP) is 3.65. The number of aromatic nitrogens is 2. The highest BCUT2D eigenvalue weighted by Crippen LogP contribution is 2.23. The molecule has 0 spiro atoms. The second kappa shape index (κ2) is 6.73. The molecular weight excluding hydrogens is 258 g/mol. The van der Waals surface area contributed by atoms with Gasteiger partial charge in [-0.3, -0.25) is 0 Å². The Balaban J connectivity index is 2.13. The first kappa shape index (κ1) is 14.1. The molecule has 2 N–H and O–H groups in total. The molecule has 0 unspecified atom stereocenters. The second-order valence-electron chi connectivity index (χ2n) is 4.31. The average molecular weight is 277 g/mol. The molecule has 0 amide bonds. The van der Waals surface area contributed by atoms with Gasteiger partial charge in [0.2, 0.25) is 11.7 Å². The zero-order valence-corrected chi connectivity index (χ0v) is 12.1. The van der Waals surface area contributed by atoms with Gasteiger partial charge in [0.15, 0.2) is 0 Å². The lowest BCUT2D eigenvalue weighted by Crippen LogP contribution is -2.09. The molecule has 1 heterocycles. The van der Waals surface area contributed by atoms with Crippen LogP contribution in [-0.4, -0.2) is 15.9 Å². The zero-order valence-electron chi connectivity index (χ0n) is 11.3. The van der Waals surface area contributed by atoms with Crippen LogP contribution in [0, 0.1) is 0 Å². The van der Waals surface area contributed by atoms with Crippen molar-refractivity contribution in [3.8, 4) is 11.4 Å². The third-order valence-electron chi connectivity index (χ3n) is 2.78. The van der Waals surface area contributed by atoms with Crippen molar-refractivity contribution in [2.45, 2.75) is 37.6 Å². The van der Waals surface area contributed by atoms with Crippen LogP contribution >= 0.6 is 11.8 Å². The number of hydrogen-bond donors (Lipinski definition) is 1. The lowest BCUT2D eigenvalue weighted by Gasteiger charge is -2.02. The van der Waals surface area contributed by atoms with Gasteiger partial charge in [-0.2, -0.15) is 4.98 Å². The first-order valence-corrected chi connectivity index (χ1v) is 7.55. The van der Waals surface area contributed by atoms with Crippen molar-refractivity contribution < 1.29 is 4.52 Å². The monoisotopic (exact) mass is 277 g/mol. The molecule has 4 nitrogen and oxygen atoms in total. The van der Waals surface area contributed by atoms with Crippen molar-refractivity contribution in [3.63, 3.8) is 0 Å². The van der Waals surface area contributed by atoms with Crippen molar-refractivity contribution >= 4 is 11.8 Å². The Hall–Kier alpha value is -1.33. The molecule has 0 aliphatic heterocycles. The summed E-state index contributed by atoms with van der Waals surface area (Å²) in [5.41, 5.74) is 6.92. The third kappa shape index (κ3) is 3.58. The standard InChI is InChI=1S/C14H19N3OS/c1-3-5-12(15)14-16-13(17-18-14)10-6-8-11(9-7-10)19-4-2/h6-9,12H,3-5,15H2,1-2H3/t12-/m1/s1. The van der Waals surface area contributed by atoms with Crippen LogP contribution in [-0.2, 0) is 0 Å². The Bertz CT molecular complexity index is 510. The quantitative estimate of drug-likeness (QED) is 0.816. The molecule has 102 valence electrons. The lowest BCUT2D eigenvalue weighted by atomic mass is 10.2. The summed E-state index contributed by atoms with van der Waals surface area (Å²) in [5.74, 6) is 2.19. The van der Waals surface area contributed by atoms with Gasteiger partial charge in [0.1, 0.15) is 0 Å². The maximum absolute atomic E-state index is 5.96. The largest absolute Gasteiger partial charge is 0.337 e. The Labute approximate surface area is 117 Å². The van der Waals surface area contributed by atoms with E-state index in [1.165, 1.54) is 4.90 Å². The molecule has 0 aliphatic rings. The maximum atomic E-state index is 5.96. The van der Waals surface area contributed by atoms with Crippen molar-refractivity contribution in [2.75, 3.05) is 5.75 Å². The van der Waals surface area contributed by atoms with Gasteiger partial charge in [-0.05, 0) is 36.4 Å². The molecule has 5 heteroatoms. The number of benzene rings is 1. The van der Waals surface area contributed by atoms with Crippen LogP contribution in [0.1, 0.15) is 38.6 Å². The predicted molar refractivity (Wildman–Crippen MR) is 78.0 cm³/mol. The van der Waals surface area contributed by atoms with Crippen molar-refractivity contribution in [3.05, 3.63) is 30.2 Å². The van der Waals surface area contributed by atoms with Crippen molar-refractivity contribution in [2.24, 2.45) is 5.73 Å². The molecule has 19 heavy (non-hydrogen) atoms. The second-order valence-corrected chi connectivity index (χ2v) is 5.65. The third-order valence-corrected chi connectivity index (χ3v) is 3.68. The van der Waals surface area contributed by atoms with Crippen molar-refractivity contribution in [1.82, 2.24) is 10.1 Å². The minimum Gasteiger partial charge on any atom is -0.337 e. The van der Waals surface area contributed by atoms with Gasteiger partial charge in [-0.25, -0.2) is 0 Å². The van der Waals surface area contributed by atoms with Crippen LogP contribution in [0.4, 0.5) is 0 Å². The summed E-state index contributed by atoms with van der Waals surface area (Å²) in [5, 5.41) is 3.99. The SMILES string of the molecule is CCC[C@@H](N)c1nc(-c2ccc(SCC)cc2)no1. The summed E-state index contributed by atoms with van der Waals surface area (Å²) in [6.45, 7) is 4.22. The molecule has 0 saturated carbocycles. The number of nitrogens with zero attached hydrogens (tertiary/aromatic N) is 2. The van der Waals surface area contributed by atoms with Gasteiger partial charge in [0.05, 0.1) is 6.04 Å². The molecule has 0 radical (unpaired) electrons. The van der Waals surface area contributed by atoms with Gasteiger partial charge in [-0.1, -0.05) is 25.4 Å². The van der Waals surface area contributed by atoms with E-state index in [2.05, 4.69) is 36.1 Å². The Morgan fingerprint density at radius 2 is 2.00 bits per heavy atom. The van der Waals surface area contributed by atoms with E-state index in [-0.39, 0.29) is 6.04 Å². The summed E-state index contributed by atoms with van der Waals surface area (Å²) in [6, 6.07) is 8.01. The highest BCUT2D eigenvalue weighted by Gasteiger charge is 2.14. The van der Waals surface area contributed by atoms with Crippen LogP contribution in [0.3, 0.4) is 0 Å². The minimum atomic E-state index is -0.166. The number of thioether (sulfide) groups is 1. The smallest absolute Gasteiger partial charge is 0.243 e. The number of rotatable bonds is 6. The molecule has 2 rings (SSSR count). The van der Waals surface area contributed by atoms with E-state index in [9.17, 15) is 0 Å². The fourth-order valence-corrected chi connectivity index (χ4v) is 2.47. The van der Waals surface area contributed by atoms with E-state index < -0.39 is 0 Å². The van der Waals surface area contributed by atoms with Gasteiger partial charge in [0, 0.05) is 10.5 Å². The van der Waals surface area contributed by atoms with E-state index in [0.29, 0.717) is 11.7 Å². The van der Waals surface area contributed by atoms with Gasteiger partial charge in [0.25, 0.3) is 0 Å². The Morgan fingerprint density at radius 1 is 1.26 bits per heavy atom. The van der Waals surface area contributed by atoms with Gasteiger partial charge < -0.3 is 10.3 Å². The molecule has 0 aliphatic carbocycles. The maximum Gasteiger partial charge on any atom is 0.243 e. The van der Waals surface area contributed by atoms with Crippen LogP contribution in [0.25, 0.3) is 11.4 Å². The normalized spacial score (nSPS) is 12.6. The van der Waals surface area contributed by atoms with Gasteiger partial charge in [-0.15, -0.1) is 11.8 Å². The molecule has 2 aromatic rings. The average Bonchev–Trinajstić information content (AvgIpc) is 2.90. The number of hydrogen-bond acceptors (Lipinski definition) is 5. The summed E-state index contributed by atoms with van der Waals surface area (Å²) >= 11 is 1.81. The van der Waals surface area contributed by atoms with E-state index >= 15 is 0 Å². The lowest BCUT2D eigenvalue weighted by molar-refractivity contribution is 0.348. The van der Waals surface area contributed by atoms with Gasteiger partial charge >= 0.3 is 0 Å². The fraction of sp³-hybridized carbons (Fsp3) is 0.429. The highest BCUT2D eigenvalue weighted by molar-refractivity contribution is 7.99. The summed E-state index contributed by atoms with van der Waals surface area (Å²) in [4.78, 5) is 5.61. The molecule has 0 saturated heterocycles. The topological polar surface area (TPSA) is 64.9 Å². The van der Waals surface area contributed by atoms with E-state index in [4.69, 9.17) is 10.3 Å². The molecule has 1 aromatic heterocycles. The van der Waals surface area contributed by atoms with Crippen molar-refractivity contribution in [1.29, 1.82) is 0 Å². The van der Waals surface area contributed by atoms with Crippen LogP contribution < -0.4 is 5.73 Å².